The number of halogens is 1. The molecule has 5 nitrogen and oxygen atoms in total. The molecule has 25 heavy (non-hydrogen) atoms. The Hall–Kier alpha value is -3.05. The van der Waals surface area contributed by atoms with Gasteiger partial charge in [-0.2, -0.15) is 0 Å². The van der Waals surface area contributed by atoms with E-state index in [0.29, 0.717) is 5.02 Å². The highest BCUT2D eigenvalue weighted by Crippen LogP contribution is 2.16. The highest BCUT2D eigenvalue weighted by atomic mass is 35.5. The van der Waals surface area contributed by atoms with Crippen molar-refractivity contribution in [3.8, 4) is 0 Å². The molecule has 0 unspecified atom stereocenters. The smallest absolute Gasteiger partial charge is 0.262 e. The second kappa shape index (κ2) is 7.68. The van der Waals surface area contributed by atoms with E-state index in [1.165, 1.54) is 6.08 Å². The Labute approximate surface area is 149 Å². The number of aromatic nitrogens is 1. The molecule has 2 N–H and O–H groups in total. The summed E-state index contributed by atoms with van der Waals surface area (Å²) in [5.74, 6) is -0.758. The van der Waals surface area contributed by atoms with Crippen molar-refractivity contribution < 1.29 is 9.59 Å². The second-order valence-electron chi connectivity index (χ2n) is 5.39. The number of fused-ring (bicyclic) bond motifs is 1. The third-order valence-electron chi connectivity index (χ3n) is 3.64. The maximum Gasteiger partial charge on any atom is 0.262 e. The van der Waals surface area contributed by atoms with Crippen LogP contribution in [0.2, 0.25) is 5.02 Å². The SMILES string of the molecule is O=C(/C=C/c1ccccc1Cl)NNC(=O)Cn1ccc2ccccc21. The summed E-state index contributed by atoms with van der Waals surface area (Å²) in [6.45, 7) is 0.113. The van der Waals surface area contributed by atoms with Crippen molar-refractivity contribution in [2.75, 3.05) is 0 Å². The van der Waals surface area contributed by atoms with Crippen LogP contribution in [0.25, 0.3) is 17.0 Å². The predicted octanol–water partition coefficient (Wildman–Crippen LogP) is 3.16. The predicted molar refractivity (Wildman–Crippen MR) is 98.7 cm³/mol. The normalized spacial score (nSPS) is 10.9. The van der Waals surface area contributed by atoms with Crippen LogP contribution in [-0.2, 0) is 16.1 Å². The Morgan fingerprint density at radius 2 is 1.76 bits per heavy atom. The molecule has 0 spiro atoms. The molecular weight excluding hydrogens is 338 g/mol. The van der Waals surface area contributed by atoms with E-state index in [-0.39, 0.29) is 12.5 Å². The van der Waals surface area contributed by atoms with Gasteiger partial charge in [0.25, 0.3) is 11.8 Å². The summed E-state index contributed by atoms with van der Waals surface area (Å²) in [6, 6.07) is 16.9. The van der Waals surface area contributed by atoms with Gasteiger partial charge in [0, 0.05) is 22.8 Å². The average molecular weight is 354 g/mol. The van der Waals surface area contributed by atoms with Crippen molar-refractivity contribution in [3.05, 3.63) is 77.5 Å². The molecular formula is C19H16ClN3O2. The molecule has 0 bridgehead atoms. The zero-order valence-electron chi connectivity index (χ0n) is 13.3. The first-order chi connectivity index (χ1) is 12.1. The molecule has 0 fully saturated rings. The van der Waals surface area contributed by atoms with Gasteiger partial charge in [0.15, 0.2) is 0 Å². The number of hydrogen-bond donors (Lipinski definition) is 2. The van der Waals surface area contributed by atoms with Gasteiger partial charge < -0.3 is 4.57 Å². The highest BCUT2D eigenvalue weighted by molar-refractivity contribution is 6.32. The molecule has 1 aromatic heterocycles. The first-order valence-corrected chi connectivity index (χ1v) is 8.06. The minimum atomic E-state index is -0.439. The van der Waals surface area contributed by atoms with Gasteiger partial charge in [-0.25, -0.2) is 0 Å². The van der Waals surface area contributed by atoms with E-state index in [0.717, 1.165) is 16.5 Å². The van der Waals surface area contributed by atoms with Crippen LogP contribution in [0.1, 0.15) is 5.56 Å². The second-order valence-corrected chi connectivity index (χ2v) is 5.80. The van der Waals surface area contributed by atoms with E-state index in [9.17, 15) is 9.59 Å². The molecule has 0 radical (unpaired) electrons. The van der Waals surface area contributed by atoms with E-state index >= 15 is 0 Å². The number of hydrazine groups is 1. The molecule has 6 heteroatoms. The standard InChI is InChI=1S/C19H16ClN3O2/c20-16-7-3-1-5-14(16)9-10-18(24)21-22-19(25)13-23-12-11-15-6-2-4-8-17(15)23/h1-12H,13H2,(H,21,24)(H,22,25)/b10-9+. The summed E-state index contributed by atoms with van der Waals surface area (Å²) in [5, 5.41) is 1.61. The van der Waals surface area contributed by atoms with Gasteiger partial charge >= 0.3 is 0 Å². The number of nitrogens with one attached hydrogen (secondary N) is 2. The van der Waals surface area contributed by atoms with Gasteiger partial charge in [-0.3, -0.25) is 20.4 Å². The zero-order valence-corrected chi connectivity index (χ0v) is 14.0. The van der Waals surface area contributed by atoms with E-state index in [2.05, 4.69) is 10.9 Å². The lowest BCUT2D eigenvalue weighted by molar-refractivity contribution is -0.127. The van der Waals surface area contributed by atoms with Gasteiger partial charge in [0.1, 0.15) is 6.54 Å². The van der Waals surface area contributed by atoms with Crippen LogP contribution in [-0.4, -0.2) is 16.4 Å². The van der Waals surface area contributed by atoms with Crippen molar-refractivity contribution >= 4 is 40.4 Å². The Morgan fingerprint density at radius 1 is 1.00 bits per heavy atom. The quantitative estimate of drug-likeness (QED) is 0.559. The number of carbonyl (C=O) groups excluding carboxylic acids is 2. The maximum absolute atomic E-state index is 12.0. The lowest BCUT2D eigenvalue weighted by atomic mass is 10.2. The van der Waals surface area contributed by atoms with Crippen LogP contribution in [0.15, 0.2) is 66.9 Å². The van der Waals surface area contributed by atoms with Crippen molar-refractivity contribution in [2.24, 2.45) is 0 Å². The summed E-state index contributed by atoms with van der Waals surface area (Å²) in [7, 11) is 0. The molecule has 1 heterocycles. The Bertz CT molecular complexity index is 947. The number of nitrogens with zero attached hydrogens (tertiary/aromatic N) is 1. The molecule has 0 saturated carbocycles. The van der Waals surface area contributed by atoms with Crippen LogP contribution in [0.3, 0.4) is 0 Å². The molecule has 0 atom stereocenters. The number of benzene rings is 2. The van der Waals surface area contributed by atoms with Crippen LogP contribution in [0.5, 0.6) is 0 Å². The summed E-state index contributed by atoms with van der Waals surface area (Å²) in [4.78, 5) is 23.8. The van der Waals surface area contributed by atoms with Crippen LogP contribution < -0.4 is 10.9 Å². The molecule has 126 valence electrons. The maximum atomic E-state index is 12.0. The minimum absolute atomic E-state index is 0.113. The lowest BCUT2D eigenvalue weighted by Crippen LogP contribution is -2.42. The Kier molecular flexibility index (Phi) is 5.16. The lowest BCUT2D eigenvalue weighted by Gasteiger charge is -2.07. The monoisotopic (exact) mass is 353 g/mol. The Balaban J connectivity index is 1.53. The summed E-state index contributed by atoms with van der Waals surface area (Å²) in [5.41, 5.74) is 6.43. The van der Waals surface area contributed by atoms with Gasteiger partial charge in [-0.15, -0.1) is 0 Å². The summed E-state index contributed by atoms with van der Waals surface area (Å²) in [6.07, 6.45) is 4.74. The van der Waals surface area contributed by atoms with Crippen molar-refractivity contribution in [3.63, 3.8) is 0 Å². The molecule has 2 aromatic carbocycles. The summed E-state index contributed by atoms with van der Waals surface area (Å²) < 4.78 is 1.82. The van der Waals surface area contributed by atoms with Crippen molar-refractivity contribution in [2.45, 2.75) is 6.54 Å². The van der Waals surface area contributed by atoms with E-state index in [1.807, 2.05) is 53.2 Å². The fourth-order valence-corrected chi connectivity index (χ4v) is 2.62. The first-order valence-electron chi connectivity index (χ1n) is 7.69. The molecule has 2 amide bonds. The fraction of sp³-hybridized carbons (Fsp3) is 0.0526. The summed E-state index contributed by atoms with van der Waals surface area (Å²) >= 11 is 6.01. The third kappa shape index (κ3) is 4.28. The highest BCUT2D eigenvalue weighted by Gasteiger charge is 2.06. The largest absolute Gasteiger partial charge is 0.338 e. The Morgan fingerprint density at radius 3 is 2.60 bits per heavy atom. The van der Waals surface area contributed by atoms with Gasteiger partial charge in [-0.1, -0.05) is 48.0 Å². The molecule has 0 aliphatic carbocycles. The molecule has 3 aromatic rings. The van der Waals surface area contributed by atoms with Crippen molar-refractivity contribution in [1.82, 2.24) is 15.4 Å². The average Bonchev–Trinajstić information content (AvgIpc) is 3.02. The number of amides is 2. The number of para-hydroxylation sites is 1. The number of rotatable bonds is 4. The molecule has 3 rings (SSSR count). The zero-order chi connectivity index (χ0) is 17.6. The van der Waals surface area contributed by atoms with Gasteiger partial charge in [-0.05, 0) is 35.2 Å². The molecule has 0 saturated heterocycles. The van der Waals surface area contributed by atoms with Gasteiger partial charge in [0.05, 0.1) is 0 Å². The number of carbonyl (C=O) groups is 2. The van der Waals surface area contributed by atoms with Crippen molar-refractivity contribution in [1.29, 1.82) is 0 Å². The van der Waals surface area contributed by atoms with E-state index < -0.39 is 5.91 Å². The fourth-order valence-electron chi connectivity index (χ4n) is 2.42. The first kappa shape index (κ1) is 16.8. The van der Waals surface area contributed by atoms with E-state index in [1.54, 1.807) is 18.2 Å². The minimum Gasteiger partial charge on any atom is -0.338 e. The third-order valence-corrected chi connectivity index (χ3v) is 3.98. The van der Waals surface area contributed by atoms with Crippen LogP contribution >= 0.6 is 11.6 Å². The van der Waals surface area contributed by atoms with Crippen LogP contribution in [0.4, 0.5) is 0 Å². The molecule has 0 aliphatic heterocycles. The van der Waals surface area contributed by atoms with Gasteiger partial charge in [0.2, 0.25) is 0 Å². The van der Waals surface area contributed by atoms with Crippen LogP contribution in [0, 0.1) is 0 Å². The molecule has 0 aliphatic rings. The topological polar surface area (TPSA) is 63.1 Å². The number of hydrogen-bond acceptors (Lipinski definition) is 2. The van der Waals surface area contributed by atoms with E-state index in [4.69, 9.17) is 11.6 Å².